The first-order chi connectivity index (χ1) is 8.74. The maximum Gasteiger partial charge on any atom is 0.146 e. The van der Waals surface area contributed by atoms with Crippen molar-refractivity contribution in [3.63, 3.8) is 0 Å². The van der Waals surface area contributed by atoms with Crippen LogP contribution >= 0.6 is 0 Å². The van der Waals surface area contributed by atoms with Gasteiger partial charge in [-0.25, -0.2) is 4.98 Å². The van der Waals surface area contributed by atoms with Gasteiger partial charge >= 0.3 is 0 Å². The molecule has 2 rings (SSSR count). The number of aryl methyl sites for hydroxylation is 2. The molecule has 0 bridgehead atoms. The molecule has 0 unspecified atom stereocenters. The fraction of sp³-hybridized carbons (Fsp3) is 0.385. The van der Waals surface area contributed by atoms with Crippen molar-refractivity contribution in [3.8, 4) is 5.75 Å². The number of hydrogen-bond donors (Lipinski definition) is 1. The molecule has 0 saturated heterocycles. The summed E-state index contributed by atoms with van der Waals surface area (Å²) in [6.07, 6.45) is 3.67. The molecule has 2 aromatic heterocycles. The van der Waals surface area contributed by atoms with Gasteiger partial charge < -0.3 is 14.4 Å². The molecule has 0 radical (unpaired) electrons. The lowest BCUT2D eigenvalue weighted by molar-refractivity contribution is 0.248. The van der Waals surface area contributed by atoms with Gasteiger partial charge in [0.2, 0.25) is 0 Å². The average molecular weight is 247 g/mol. The van der Waals surface area contributed by atoms with Crippen LogP contribution in [-0.4, -0.2) is 19.6 Å². The zero-order valence-electron chi connectivity index (χ0n) is 10.6. The van der Waals surface area contributed by atoms with Crippen molar-refractivity contribution in [1.29, 1.82) is 0 Å². The van der Waals surface area contributed by atoms with Crippen LogP contribution in [0.1, 0.15) is 24.1 Å². The Hall–Kier alpha value is -1.88. The molecular weight excluding hydrogens is 230 g/mol. The quantitative estimate of drug-likeness (QED) is 0.873. The Morgan fingerprint density at radius 2 is 2.22 bits per heavy atom. The molecule has 18 heavy (non-hydrogen) atoms. The van der Waals surface area contributed by atoms with E-state index < -0.39 is 0 Å². The van der Waals surface area contributed by atoms with E-state index in [1.165, 1.54) is 0 Å². The van der Waals surface area contributed by atoms with Crippen molar-refractivity contribution >= 4 is 0 Å². The van der Waals surface area contributed by atoms with Crippen molar-refractivity contribution < 1.29 is 9.84 Å². The highest BCUT2D eigenvalue weighted by Crippen LogP contribution is 2.18. The minimum Gasteiger partial charge on any atom is -0.484 e. The van der Waals surface area contributed by atoms with E-state index in [1.807, 2.05) is 29.8 Å². The van der Waals surface area contributed by atoms with Crippen molar-refractivity contribution in [3.05, 3.63) is 41.7 Å². The van der Waals surface area contributed by atoms with E-state index in [-0.39, 0.29) is 6.61 Å². The van der Waals surface area contributed by atoms with Gasteiger partial charge in [-0.3, -0.25) is 4.98 Å². The van der Waals surface area contributed by atoms with E-state index in [4.69, 9.17) is 4.74 Å². The van der Waals surface area contributed by atoms with E-state index in [9.17, 15) is 5.11 Å². The second-order valence-electron chi connectivity index (χ2n) is 3.97. The number of aliphatic hydroxyl groups is 1. The van der Waals surface area contributed by atoms with Crippen LogP contribution in [-0.2, 0) is 19.8 Å². The number of ether oxygens (including phenoxy) is 1. The number of aromatic nitrogens is 3. The summed E-state index contributed by atoms with van der Waals surface area (Å²) < 4.78 is 7.68. The Kier molecular flexibility index (Phi) is 3.94. The third kappa shape index (κ3) is 2.68. The largest absolute Gasteiger partial charge is 0.484 e. The number of aliphatic hydroxyl groups excluding tert-OH is 1. The van der Waals surface area contributed by atoms with Gasteiger partial charge in [0.25, 0.3) is 0 Å². The van der Waals surface area contributed by atoms with Crippen LogP contribution in [0.3, 0.4) is 0 Å². The van der Waals surface area contributed by atoms with Gasteiger partial charge in [-0.2, -0.15) is 0 Å². The number of rotatable bonds is 5. The Morgan fingerprint density at radius 1 is 1.39 bits per heavy atom. The highest BCUT2D eigenvalue weighted by molar-refractivity contribution is 5.28. The summed E-state index contributed by atoms with van der Waals surface area (Å²) in [4.78, 5) is 8.46. The maximum absolute atomic E-state index is 9.24. The zero-order chi connectivity index (χ0) is 13.0. The lowest BCUT2D eigenvalue weighted by Gasteiger charge is -2.10. The zero-order valence-corrected chi connectivity index (χ0v) is 10.6. The lowest BCUT2D eigenvalue weighted by atomic mass is 10.3. The Morgan fingerprint density at radius 3 is 2.94 bits per heavy atom. The summed E-state index contributed by atoms with van der Waals surface area (Å²) in [5, 5.41) is 9.24. The molecule has 0 amide bonds. The Balaban J connectivity index is 2.10. The lowest BCUT2D eigenvalue weighted by Crippen LogP contribution is -2.07. The van der Waals surface area contributed by atoms with Crippen LogP contribution in [0.2, 0.25) is 0 Å². The molecule has 0 saturated carbocycles. The SMILES string of the molecule is CCn1ccnc1COc1ccc(C)nc1CO. The fourth-order valence-corrected chi connectivity index (χ4v) is 1.75. The van der Waals surface area contributed by atoms with Gasteiger partial charge in [-0.15, -0.1) is 0 Å². The van der Waals surface area contributed by atoms with Gasteiger partial charge in [-0.1, -0.05) is 0 Å². The number of imidazole rings is 1. The normalized spacial score (nSPS) is 10.6. The van der Waals surface area contributed by atoms with Crippen molar-refractivity contribution in [1.82, 2.24) is 14.5 Å². The smallest absolute Gasteiger partial charge is 0.146 e. The van der Waals surface area contributed by atoms with Crippen LogP contribution in [0.15, 0.2) is 24.5 Å². The molecule has 5 heteroatoms. The molecule has 2 heterocycles. The fourth-order valence-electron chi connectivity index (χ4n) is 1.75. The molecule has 5 nitrogen and oxygen atoms in total. The summed E-state index contributed by atoms with van der Waals surface area (Å²) >= 11 is 0. The van der Waals surface area contributed by atoms with E-state index in [0.717, 1.165) is 18.1 Å². The van der Waals surface area contributed by atoms with Gasteiger partial charge in [0, 0.05) is 24.6 Å². The second-order valence-corrected chi connectivity index (χ2v) is 3.97. The van der Waals surface area contributed by atoms with Gasteiger partial charge in [-0.05, 0) is 26.0 Å². The summed E-state index contributed by atoms with van der Waals surface area (Å²) in [6.45, 7) is 5.04. The van der Waals surface area contributed by atoms with E-state index in [0.29, 0.717) is 18.1 Å². The van der Waals surface area contributed by atoms with Crippen LogP contribution in [0, 0.1) is 6.92 Å². The summed E-state index contributed by atoms with van der Waals surface area (Å²) in [5.74, 6) is 1.47. The van der Waals surface area contributed by atoms with E-state index in [2.05, 4.69) is 16.9 Å². The molecule has 0 aliphatic carbocycles. The highest BCUT2D eigenvalue weighted by Gasteiger charge is 2.07. The molecule has 0 aliphatic rings. The predicted molar refractivity (Wildman–Crippen MR) is 67.1 cm³/mol. The highest BCUT2D eigenvalue weighted by atomic mass is 16.5. The molecule has 0 atom stereocenters. The number of hydrogen-bond acceptors (Lipinski definition) is 4. The van der Waals surface area contributed by atoms with E-state index >= 15 is 0 Å². The van der Waals surface area contributed by atoms with Gasteiger partial charge in [0.05, 0.1) is 6.61 Å². The first kappa shape index (κ1) is 12.6. The third-order valence-corrected chi connectivity index (χ3v) is 2.72. The van der Waals surface area contributed by atoms with Crippen molar-refractivity contribution in [2.45, 2.75) is 33.6 Å². The van der Waals surface area contributed by atoms with Gasteiger partial charge in [0.1, 0.15) is 23.9 Å². The molecule has 0 fully saturated rings. The molecule has 0 aromatic carbocycles. The van der Waals surface area contributed by atoms with Crippen molar-refractivity contribution in [2.75, 3.05) is 0 Å². The predicted octanol–water partition coefficient (Wildman–Crippen LogP) is 1.68. The topological polar surface area (TPSA) is 60.2 Å². The molecule has 96 valence electrons. The van der Waals surface area contributed by atoms with E-state index in [1.54, 1.807) is 6.20 Å². The molecule has 0 aliphatic heterocycles. The first-order valence-corrected chi connectivity index (χ1v) is 5.94. The van der Waals surface area contributed by atoms with Crippen molar-refractivity contribution in [2.24, 2.45) is 0 Å². The standard InChI is InChI=1S/C13H17N3O2/c1-3-16-7-6-14-13(16)9-18-12-5-4-10(2)15-11(12)8-17/h4-7,17H,3,8-9H2,1-2H3. The molecule has 2 aromatic rings. The Bertz CT molecular complexity index is 523. The number of pyridine rings is 1. The minimum atomic E-state index is -0.126. The number of nitrogens with zero attached hydrogens (tertiary/aromatic N) is 3. The molecule has 0 spiro atoms. The summed E-state index contributed by atoms with van der Waals surface area (Å²) in [7, 11) is 0. The van der Waals surface area contributed by atoms with Crippen LogP contribution in [0.4, 0.5) is 0 Å². The summed E-state index contributed by atoms with van der Waals surface area (Å²) in [5.41, 5.74) is 1.42. The third-order valence-electron chi connectivity index (χ3n) is 2.72. The maximum atomic E-state index is 9.24. The minimum absolute atomic E-state index is 0.126. The molecular formula is C13H17N3O2. The first-order valence-electron chi connectivity index (χ1n) is 5.94. The average Bonchev–Trinajstić information content (AvgIpc) is 2.84. The van der Waals surface area contributed by atoms with Crippen LogP contribution < -0.4 is 4.74 Å². The monoisotopic (exact) mass is 247 g/mol. The summed E-state index contributed by atoms with van der Waals surface area (Å²) in [6, 6.07) is 3.69. The van der Waals surface area contributed by atoms with Crippen LogP contribution in [0.25, 0.3) is 0 Å². The van der Waals surface area contributed by atoms with Gasteiger partial charge in [0.15, 0.2) is 0 Å². The Labute approximate surface area is 106 Å². The second kappa shape index (κ2) is 5.64. The van der Waals surface area contributed by atoms with Crippen LogP contribution in [0.5, 0.6) is 5.75 Å². The molecule has 1 N–H and O–H groups in total.